The van der Waals surface area contributed by atoms with Gasteiger partial charge < -0.3 is 19.0 Å². The predicted molar refractivity (Wildman–Crippen MR) is 35.4 cm³/mol. The molecule has 0 unspecified atom stereocenters. The van der Waals surface area contributed by atoms with E-state index in [9.17, 15) is 0 Å². The Morgan fingerprint density at radius 2 is 1.22 bits per heavy atom. The number of hydrogen-bond donors (Lipinski definition) is 1. The van der Waals surface area contributed by atoms with Gasteiger partial charge in [0.05, 0.1) is 0 Å². The largest absolute Gasteiger partial charge is 2.00 e. The van der Waals surface area contributed by atoms with Crippen LogP contribution in [0.4, 0.5) is 0 Å². The standard InChI is InChI=1S/C2H4O2.2C2H5.Cd/c1-2(3)4;2*1-2;/h1H3,(H,3,4);2*1H2,2H3;/q;2*-1;+2. The zero-order valence-electron chi connectivity index (χ0n) is 6.48. The Labute approximate surface area is 77.8 Å². The molecule has 0 fully saturated rings. The molecule has 0 amide bonds. The van der Waals surface area contributed by atoms with Crippen molar-refractivity contribution in [1.29, 1.82) is 0 Å². The summed E-state index contributed by atoms with van der Waals surface area (Å²) in [6.45, 7) is 11.1. The number of carboxylic acid groups (broad SMARTS) is 1. The Kier molecular flexibility index (Phi) is 101. The van der Waals surface area contributed by atoms with Crippen molar-refractivity contribution < 1.29 is 37.2 Å². The van der Waals surface area contributed by atoms with Crippen LogP contribution in [0.1, 0.15) is 20.8 Å². The Morgan fingerprint density at radius 1 is 1.22 bits per heavy atom. The van der Waals surface area contributed by atoms with Crippen molar-refractivity contribution in [3.8, 4) is 0 Å². The first-order valence-corrected chi connectivity index (χ1v) is 2.34. The van der Waals surface area contributed by atoms with Gasteiger partial charge >= 0.3 is 27.3 Å². The summed E-state index contributed by atoms with van der Waals surface area (Å²) in [4.78, 5) is 9.00. The van der Waals surface area contributed by atoms with Gasteiger partial charge in [0.2, 0.25) is 0 Å². The van der Waals surface area contributed by atoms with Crippen molar-refractivity contribution >= 4 is 5.97 Å². The van der Waals surface area contributed by atoms with Crippen LogP contribution in [-0.4, -0.2) is 11.1 Å². The summed E-state index contributed by atoms with van der Waals surface area (Å²) in [7, 11) is 0. The first kappa shape index (κ1) is 22.8. The van der Waals surface area contributed by atoms with Gasteiger partial charge in [0.25, 0.3) is 5.97 Å². The molecule has 0 radical (unpaired) electrons. The van der Waals surface area contributed by atoms with E-state index in [-0.39, 0.29) is 27.3 Å². The fourth-order valence-electron chi connectivity index (χ4n) is 0. The fraction of sp³-hybridized carbons (Fsp3) is 0.500. The van der Waals surface area contributed by atoms with E-state index in [1.165, 1.54) is 0 Å². The first-order chi connectivity index (χ1) is 3.73. The number of rotatable bonds is 0. The number of carboxylic acids is 1. The molecule has 0 aromatic heterocycles. The SMILES string of the molecule is CC(=O)O.[CH2-]C.[CH2-]C.[Cd+2]. The summed E-state index contributed by atoms with van der Waals surface area (Å²) in [5.41, 5.74) is 0. The number of hydrogen-bond acceptors (Lipinski definition) is 1. The molecule has 0 aliphatic heterocycles. The van der Waals surface area contributed by atoms with Gasteiger partial charge in [-0.2, -0.15) is 13.8 Å². The van der Waals surface area contributed by atoms with Gasteiger partial charge in [0.1, 0.15) is 0 Å². The molecule has 0 aromatic carbocycles. The van der Waals surface area contributed by atoms with Gasteiger partial charge in [0, 0.05) is 6.92 Å². The third kappa shape index (κ3) is 2230. The van der Waals surface area contributed by atoms with Crippen LogP contribution < -0.4 is 0 Å². The van der Waals surface area contributed by atoms with E-state index in [2.05, 4.69) is 13.8 Å². The van der Waals surface area contributed by atoms with Gasteiger partial charge in [0.15, 0.2) is 0 Å². The van der Waals surface area contributed by atoms with E-state index in [4.69, 9.17) is 9.90 Å². The zero-order chi connectivity index (χ0) is 7.58. The van der Waals surface area contributed by atoms with Gasteiger partial charge in [-0.15, -0.1) is 0 Å². The summed E-state index contributed by atoms with van der Waals surface area (Å²) in [5, 5.41) is 7.42. The molecule has 0 aliphatic carbocycles. The molecule has 0 rings (SSSR count). The van der Waals surface area contributed by atoms with E-state index in [1.54, 1.807) is 13.8 Å². The van der Waals surface area contributed by atoms with Crippen LogP contribution in [-0.2, 0) is 32.1 Å². The molecular weight excluding hydrogens is 216 g/mol. The second-order valence-corrected chi connectivity index (χ2v) is 0.519. The maximum absolute atomic E-state index is 9.00. The van der Waals surface area contributed by atoms with Crippen molar-refractivity contribution in [2.75, 3.05) is 0 Å². The molecule has 0 atom stereocenters. The molecule has 0 saturated carbocycles. The predicted octanol–water partition coefficient (Wildman–Crippen LogP) is 1.77. The molecule has 0 bridgehead atoms. The van der Waals surface area contributed by atoms with E-state index < -0.39 is 5.97 Å². The average molecular weight is 231 g/mol. The minimum absolute atomic E-state index is 0. The molecule has 0 aromatic rings. The minimum Gasteiger partial charge on any atom is -0.481 e. The zero-order valence-corrected chi connectivity index (χ0v) is 10.5. The maximum Gasteiger partial charge on any atom is 2.00 e. The van der Waals surface area contributed by atoms with Crippen molar-refractivity contribution in [3.63, 3.8) is 0 Å². The average Bonchev–Trinajstić information content (AvgIpc) is 1.75. The van der Waals surface area contributed by atoms with Crippen LogP contribution in [0.25, 0.3) is 0 Å². The molecule has 9 heavy (non-hydrogen) atoms. The van der Waals surface area contributed by atoms with Gasteiger partial charge in [-0.25, -0.2) is 0 Å². The van der Waals surface area contributed by atoms with Crippen molar-refractivity contribution in [2.24, 2.45) is 0 Å². The molecule has 52 valence electrons. The minimum atomic E-state index is -0.833. The first-order valence-electron chi connectivity index (χ1n) is 2.34. The van der Waals surface area contributed by atoms with Crippen LogP contribution in [0.2, 0.25) is 0 Å². The molecule has 0 heterocycles. The van der Waals surface area contributed by atoms with E-state index in [1.807, 2.05) is 0 Å². The monoisotopic (exact) mass is 232 g/mol. The topological polar surface area (TPSA) is 37.3 Å². The second-order valence-electron chi connectivity index (χ2n) is 0.519. The van der Waals surface area contributed by atoms with Gasteiger partial charge in [-0.1, -0.05) is 0 Å². The molecule has 0 spiro atoms. The summed E-state index contributed by atoms with van der Waals surface area (Å²) in [5.74, 6) is -0.833. The smallest absolute Gasteiger partial charge is 0.481 e. The summed E-state index contributed by atoms with van der Waals surface area (Å²) >= 11 is 0. The molecule has 3 heteroatoms. The van der Waals surface area contributed by atoms with E-state index in [0.29, 0.717) is 0 Å². The molecular formula is C6H14CdO2. The number of carbonyl (C=O) groups is 1. The van der Waals surface area contributed by atoms with Crippen LogP contribution in [0.5, 0.6) is 0 Å². The molecule has 0 aliphatic rings. The number of aliphatic carboxylic acids is 1. The fourth-order valence-corrected chi connectivity index (χ4v) is 0. The Bertz CT molecular complexity index is 34.0. The summed E-state index contributed by atoms with van der Waals surface area (Å²) in [6, 6.07) is 0. The van der Waals surface area contributed by atoms with Gasteiger partial charge in [-0.05, 0) is 0 Å². The Hall–Kier alpha value is 0.392. The van der Waals surface area contributed by atoms with Crippen LogP contribution in [0.15, 0.2) is 0 Å². The normalized spacial score (nSPS) is 4.11. The third-order valence-corrected chi connectivity index (χ3v) is 0. The molecule has 0 saturated heterocycles. The Balaban J connectivity index is -0.0000000221. The Morgan fingerprint density at radius 3 is 1.22 bits per heavy atom. The van der Waals surface area contributed by atoms with Crippen LogP contribution in [0, 0.1) is 13.8 Å². The van der Waals surface area contributed by atoms with E-state index in [0.717, 1.165) is 6.92 Å². The third-order valence-electron chi connectivity index (χ3n) is 0. The molecule has 2 nitrogen and oxygen atoms in total. The summed E-state index contributed by atoms with van der Waals surface area (Å²) in [6.07, 6.45) is 0. The van der Waals surface area contributed by atoms with Crippen LogP contribution >= 0.6 is 0 Å². The maximum atomic E-state index is 9.00. The quantitative estimate of drug-likeness (QED) is 0.509. The van der Waals surface area contributed by atoms with Crippen molar-refractivity contribution in [2.45, 2.75) is 20.8 Å². The second kappa shape index (κ2) is 39.9. The van der Waals surface area contributed by atoms with E-state index >= 15 is 0 Å². The molecule has 1 N–H and O–H groups in total. The summed E-state index contributed by atoms with van der Waals surface area (Å²) < 4.78 is 0. The van der Waals surface area contributed by atoms with Crippen LogP contribution in [0.3, 0.4) is 0 Å². The van der Waals surface area contributed by atoms with Crippen molar-refractivity contribution in [3.05, 3.63) is 13.8 Å². The van der Waals surface area contributed by atoms with Gasteiger partial charge in [-0.3, -0.25) is 4.79 Å². The van der Waals surface area contributed by atoms with Crippen molar-refractivity contribution in [1.82, 2.24) is 0 Å².